The fourth-order valence-electron chi connectivity index (χ4n) is 2.17. The maximum Gasteiger partial charge on any atom is 0.231 e. The van der Waals surface area contributed by atoms with Crippen molar-refractivity contribution in [2.24, 2.45) is 0 Å². The third-order valence-corrected chi connectivity index (χ3v) is 3.34. The van der Waals surface area contributed by atoms with Crippen LogP contribution < -0.4 is 19.5 Å². The third kappa shape index (κ3) is 3.47. The highest BCUT2D eigenvalue weighted by Gasteiger charge is 2.13. The van der Waals surface area contributed by atoms with Crippen LogP contribution in [0.4, 0.5) is 0 Å². The smallest absolute Gasteiger partial charge is 0.231 e. The zero-order chi connectivity index (χ0) is 14.5. The van der Waals surface area contributed by atoms with Gasteiger partial charge in [0.2, 0.25) is 6.79 Å². The molecule has 2 aromatic carbocycles. The lowest BCUT2D eigenvalue weighted by molar-refractivity contribution is 0.174. The minimum Gasteiger partial charge on any atom is -0.489 e. The van der Waals surface area contributed by atoms with Crippen LogP contribution in [0.2, 0.25) is 0 Å². The van der Waals surface area contributed by atoms with Gasteiger partial charge in [0.1, 0.15) is 12.4 Å². The van der Waals surface area contributed by atoms with Gasteiger partial charge >= 0.3 is 0 Å². The maximum atomic E-state index is 5.79. The highest BCUT2D eigenvalue weighted by molar-refractivity contribution is 5.44. The monoisotopic (exact) mass is 285 g/mol. The summed E-state index contributed by atoms with van der Waals surface area (Å²) >= 11 is 0. The van der Waals surface area contributed by atoms with E-state index in [0.717, 1.165) is 35.9 Å². The Bertz CT molecular complexity index is 595. The van der Waals surface area contributed by atoms with Crippen molar-refractivity contribution in [2.45, 2.75) is 20.1 Å². The minimum atomic E-state index is 0.299. The highest BCUT2D eigenvalue weighted by Crippen LogP contribution is 2.32. The van der Waals surface area contributed by atoms with Crippen molar-refractivity contribution in [3.05, 3.63) is 53.6 Å². The molecule has 1 heterocycles. The molecule has 1 aliphatic heterocycles. The first-order valence-corrected chi connectivity index (χ1v) is 7.16. The van der Waals surface area contributed by atoms with E-state index in [1.807, 2.05) is 30.3 Å². The molecule has 0 unspecified atom stereocenters. The molecule has 110 valence electrons. The molecular weight excluding hydrogens is 266 g/mol. The lowest BCUT2D eigenvalue weighted by Crippen LogP contribution is -2.11. The molecule has 0 saturated carbocycles. The van der Waals surface area contributed by atoms with Gasteiger partial charge in [0.25, 0.3) is 0 Å². The van der Waals surface area contributed by atoms with Crippen molar-refractivity contribution in [1.29, 1.82) is 0 Å². The average Bonchev–Trinajstić information content (AvgIpc) is 2.99. The maximum absolute atomic E-state index is 5.79. The van der Waals surface area contributed by atoms with E-state index in [-0.39, 0.29) is 0 Å². The van der Waals surface area contributed by atoms with Crippen molar-refractivity contribution in [2.75, 3.05) is 13.3 Å². The second-order valence-corrected chi connectivity index (χ2v) is 4.90. The van der Waals surface area contributed by atoms with E-state index < -0.39 is 0 Å². The molecule has 0 amide bonds. The van der Waals surface area contributed by atoms with Crippen LogP contribution in [-0.2, 0) is 13.2 Å². The van der Waals surface area contributed by atoms with Gasteiger partial charge in [-0.05, 0) is 41.9 Å². The Morgan fingerprint density at radius 2 is 1.76 bits per heavy atom. The number of ether oxygens (including phenoxy) is 3. The second kappa shape index (κ2) is 6.50. The molecule has 0 aromatic heterocycles. The van der Waals surface area contributed by atoms with Crippen LogP contribution in [-0.4, -0.2) is 13.3 Å². The first kappa shape index (κ1) is 13.8. The molecule has 0 aliphatic carbocycles. The largest absolute Gasteiger partial charge is 0.489 e. The Balaban J connectivity index is 1.57. The molecule has 1 N–H and O–H groups in total. The van der Waals surface area contributed by atoms with Crippen molar-refractivity contribution in [3.8, 4) is 17.2 Å². The summed E-state index contributed by atoms with van der Waals surface area (Å²) in [6.45, 7) is 4.78. The van der Waals surface area contributed by atoms with E-state index in [9.17, 15) is 0 Å². The predicted octanol–water partition coefficient (Wildman–Crippen LogP) is 3.10. The lowest BCUT2D eigenvalue weighted by atomic mass is 10.2. The first-order chi connectivity index (χ1) is 10.3. The minimum absolute atomic E-state index is 0.299. The van der Waals surface area contributed by atoms with Crippen LogP contribution in [0.3, 0.4) is 0 Å². The van der Waals surface area contributed by atoms with Gasteiger partial charge in [-0.1, -0.05) is 25.1 Å². The number of nitrogens with one attached hydrogen (secondary N) is 1. The van der Waals surface area contributed by atoms with E-state index in [4.69, 9.17) is 14.2 Å². The van der Waals surface area contributed by atoms with Crippen LogP contribution in [0.1, 0.15) is 18.1 Å². The Hall–Kier alpha value is -2.20. The number of hydrogen-bond donors (Lipinski definition) is 1. The SMILES string of the molecule is CCNCc1ccc(OCc2ccc3c(c2)OCO3)cc1. The van der Waals surface area contributed by atoms with Crippen LogP contribution in [0.25, 0.3) is 0 Å². The van der Waals surface area contributed by atoms with Crippen molar-refractivity contribution in [3.63, 3.8) is 0 Å². The van der Waals surface area contributed by atoms with Crippen LogP contribution in [0, 0.1) is 0 Å². The Morgan fingerprint density at radius 3 is 2.57 bits per heavy atom. The van der Waals surface area contributed by atoms with Gasteiger partial charge in [0, 0.05) is 6.54 Å². The second-order valence-electron chi connectivity index (χ2n) is 4.90. The number of hydrogen-bond acceptors (Lipinski definition) is 4. The molecular formula is C17H19NO3. The van der Waals surface area contributed by atoms with Gasteiger partial charge in [-0.25, -0.2) is 0 Å². The molecule has 4 nitrogen and oxygen atoms in total. The quantitative estimate of drug-likeness (QED) is 0.885. The Kier molecular flexibility index (Phi) is 4.26. The zero-order valence-electron chi connectivity index (χ0n) is 12.1. The molecule has 0 spiro atoms. The van der Waals surface area contributed by atoms with Crippen LogP contribution >= 0.6 is 0 Å². The van der Waals surface area contributed by atoms with E-state index in [0.29, 0.717) is 13.4 Å². The molecule has 0 saturated heterocycles. The molecule has 3 rings (SSSR count). The van der Waals surface area contributed by atoms with Gasteiger partial charge in [-0.2, -0.15) is 0 Å². The van der Waals surface area contributed by atoms with Crippen molar-refractivity contribution >= 4 is 0 Å². The van der Waals surface area contributed by atoms with Crippen LogP contribution in [0.15, 0.2) is 42.5 Å². The number of fused-ring (bicyclic) bond motifs is 1. The molecule has 1 aliphatic rings. The molecule has 4 heteroatoms. The predicted molar refractivity (Wildman–Crippen MR) is 80.7 cm³/mol. The summed E-state index contributed by atoms with van der Waals surface area (Å²) in [5, 5.41) is 3.30. The lowest BCUT2D eigenvalue weighted by Gasteiger charge is -2.08. The standard InChI is InChI=1S/C17H19NO3/c1-2-18-10-13-3-6-15(7-4-13)19-11-14-5-8-16-17(9-14)21-12-20-16/h3-9,18H,2,10-12H2,1H3. The van der Waals surface area contributed by atoms with Gasteiger partial charge in [0.15, 0.2) is 11.5 Å². The van der Waals surface area contributed by atoms with Crippen LogP contribution in [0.5, 0.6) is 17.2 Å². The third-order valence-electron chi connectivity index (χ3n) is 3.34. The normalized spacial score (nSPS) is 12.4. The van der Waals surface area contributed by atoms with E-state index in [1.165, 1.54) is 5.56 Å². The summed E-state index contributed by atoms with van der Waals surface area (Å²) in [6, 6.07) is 14.0. The van der Waals surface area contributed by atoms with E-state index in [1.54, 1.807) is 0 Å². The van der Waals surface area contributed by atoms with Gasteiger partial charge < -0.3 is 19.5 Å². The molecule has 21 heavy (non-hydrogen) atoms. The summed E-state index contributed by atoms with van der Waals surface area (Å²) in [5.74, 6) is 2.46. The molecule has 0 bridgehead atoms. The van der Waals surface area contributed by atoms with Gasteiger partial charge in [-0.3, -0.25) is 0 Å². The van der Waals surface area contributed by atoms with Crippen molar-refractivity contribution in [1.82, 2.24) is 5.32 Å². The molecule has 0 atom stereocenters. The zero-order valence-corrected chi connectivity index (χ0v) is 12.1. The fourth-order valence-corrected chi connectivity index (χ4v) is 2.17. The van der Waals surface area contributed by atoms with Gasteiger partial charge in [-0.15, -0.1) is 0 Å². The van der Waals surface area contributed by atoms with Crippen molar-refractivity contribution < 1.29 is 14.2 Å². The highest BCUT2D eigenvalue weighted by atomic mass is 16.7. The average molecular weight is 285 g/mol. The Morgan fingerprint density at radius 1 is 1.00 bits per heavy atom. The van der Waals surface area contributed by atoms with E-state index in [2.05, 4.69) is 24.4 Å². The molecule has 0 radical (unpaired) electrons. The number of rotatable bonds is 6. The summed E-state index contributed by atoms with van der Waals surface area (Å²) in [7, 11) is 0. The summed E-state index contributed by atoms with van der Waals surface area (Å²) in [4.78, 5) is 0. The summed E-state index contributed by atoms with van der Waals surface area (Å²) in [6.07, 6.45) is 0. The first-order valence-electron chi connectivity index (χ1n) is 7.16. The number of benzene rings is 2. The fraction of sp³-hybridized carbons (Fsp3) is 0.294. The Labute approximate surface area is 124 Å². The topological polar surface area (TPSA) is 39.7 Å². The van der Waals surface area contributed by atoms with E-state index >= 15 is 0 Å². The molecule has 0 fully saturated rings. The summed E-state index contributed by atoms with van der Waals surface area (Å²) < 4.78 is 16.4. The summed E-state index contributed by atoms with van der Waals surface area (Å²) in [5.41, 5.74) is 2.32. The molecule has 2 aromatic rings. The van der Waals surface area contributed by atoms with Gasteiger partial charge in [0.05, 0.1) is 0 Å².